The Balaban J connectivity index is 1.91. The van der Waals surface area contributed by atoms with Crippen LogP contribution in [0.3, 0.4) is 0 Å². The van der Waals surface area contributed by atoms with Crippen LogP contribution in [-0.2, 0) is 0 Å². The number of fused-ring (bicyclic) bond motifs is 1. The number of nitrogens with one attached hydrogen (secondary N) is 2. The van der Waals surface area contributed by atoms with E-state index in [-0.39, 0.29) is 6.98 Å². The highest BCUT2D eigenvalue weighted by Gasteiger charge is 2.26. The monoisotopic (exact) mass is 228 g/mol. The molecule has 0 aliphatic carbocycles. The molecule has 0 bridgehead atoms. The maximum absolute atomic E-state index is 5.95. The molecular formula is C12H10BClN2. The lowest BCUT2D eigenvalue weighted by Crippen LogP contribution is -2.41. The van der Waals surface area contributed by atoms with Gasteiger partial charge in [-0.05, 0) is 23.7 Å². The molecule has 16 heavy (non-hydrogen) atoms. The molecule has 4 heteroatoms. The molecule has 1 aliphatic heterocycles. The molecule has 0 aromatic heterocycles. The van der Waals surface area contributed by atoms with Crippen LogP contribution in [0.1, 0.15) is 0 Å². The fourth-order valence-corrected chi connectivity index (χ4v) is 2.09. The summed E-state index contributed by atoms with van der Waals surface area (Å²) in [6.07, 6.45) is 0. The van der Waals surface area contributed by atoms with Gasteiger partial charge in [0, 0.05) is 16.4 Å². The number of hydrogen-bond donors (Lipinski definition) is 2. The molecule has 0 radical (unpaired) electrons. The van der Waals surface area contributed by atoms with Gasteiger partial charge in [-0.3, -0.25) is 0 Å². The Morgan fingerprint density at radius 2 is 1.62 bits per heavy atom. The molecule has 1 heterocycles. The second-order valence-electron chi connectivity index (χ2n) is 3.82. The van der Waals surface area contributed by atoms with E-state index in [1.165, 1.54) is 5.46 Å². The van der Waals surface area contributed by atoms with E-state index in [9.17, 15) is 0 Å². The van der Waals surface area contributed by atoms with Gasteiger partial charge in [0.25, 0.3) is 0 Å². The number of rotatable bonds is 1. The lowest BCUT2D eigenvalue weighted by Gasteiger charge is -2.06. The second kappa shape index (κ2) is 3.76. The maximum atomic E-state index is 5.95. The Labute approximate surface area is 99.8 Å². The number of benzene rings is 2. The Bertz CT molecular complexity index is 516. The normalized spacial score (nSPS) is 12.9. The highest BCUT2D eigenvalue weighted by molar-refractivity contribution is 6.80. The lowest BCUT2D eigenvalue weighted by atomic mass is 9.69. The van der Waals surface area contributed by atoms with Gasteiger partial charge in [0.15, 0.2) is 0 Å². The summed E-state index contributed by atoms with van der Waals surface area (Å²) in [5, 5.41) is 7.56. The minimum atomic E-state index is 0.134. The summed E-state index contributed by atoms with van der Waals surface area (Å²) in [5.74, 6) is 0. The fraction of sp³-hybridized carbons (Fsp3) is 0. The number of hydrogen-bond acceptors (Lipinski definition) is 2. The van der Waals surface area contributed by atoms with Gasteiger partial charge in [0.2, 0.25) is 0 Å². The van der Waals surface area contributed by atoms with E-state index in [1.807, 2.05) is 36.4 Å². The van der Waals surface area contributed by atoms with Crippen molar-refractivity contribution in [1.82, 2.24) is 0 Å². The van der Waals surface area contributed by atoms with Crippen molar-refractivity contribution in [2.45, 2.75) is 0 Å². The molecule has 0 saturated carbocycles. The lowest BCUT2D eigenvalue weighted by molar-refractivity contribution is 1.70. The highest BCUT2D eigenvalue weighted by Crippen LogP contribution is 2.30. The van der Waals surface area contributed by atoms with E-state index in [4.69, 9.17) is 11.6 Å². The molecule has 0 fully saturated rings. The van der Waals surface area contributed by atoms with E-state index < -0.39 is 0 Å². The summed E-state index contributed by atoms with van der Waals surface area (Å²) in [4.78, 5) is 0. The first kappa shape index (κ1) is 9.61. The van der Waals surface area contributed by atoms with Crippen LogP contribution in [0, 0.1) is 0 Å². The third kappa shape index (κ3) is 1.63. The zero-order chi connectivity index (χ0) is 11.0. The van der Waals surface area contributed by atoms with Crippen LogP contribution >= 0.6 is 11.6 Å². The summed E-state index contributed by atoms with van der Waals surface area (Å²) >= 11 is 5.95. The summed E-state index contributed by atoms with van der Waals surface area (Å²) in [5.41, 5.74) is 3.37. The standard InChI is InChI=1S/C12H10BClN2/c14-10-6-7-11-12(8-10)16-13(15-11)9-4-2-1-3-5-9/h1-8,15-16H. The topological polar surface area (TPSA) is 24.1 Å². The molecule has 78 valence electrons. The van der Waals surface area contributed by atoms with E-state index >= 15 is 0 Å². The summed E-state index contributed by atoms with van der Waals surface area (Å²) in [6, 6.07) is 16.1. The molecule has 2 aromatic rings. The molecule has 1 aliphatic rings. The quantitative estimate of drug-likeness (QED) is 0.733. The van der Waals surface area contributed by atoms with Gasteiger partial charge >= 0.3 is 6.98 Å². The number of anilines is 2. The van der Waals surface area contributed by atoms with Crippen LogP contribution in [-0.4, -0.2) is 6.98 Å². The third-order valence-electron chi connectivity index (χ3n) is 2.71. The summed E-state index contributed by atoms with van der Waals surface area (Å²) < 4.78 is 0. The first-order valence-corrected chi connectivity index (χ1v) is 5.58. The second-order valence-corrected chi connectivity index (χ2v) is 4.26. The molecule has 0 saturated heterocycles. The SMILES string of the molecule is Clc1ccc2c(c1)NB(c1ccccc1)N2. The van der Waals surface area contributed by atoms with Crippen LogP contribution in [0.15, 0.2) is 48.5 Å². The van der Waals surface area contributed by atoms with Crippen molar-refractivity contribution in [3.63, 3.8) is 0 Å². The van der Waals surface area contributed by atoms with Gasteiger partial charge in [0.1, 0.15) is 0 Å². The van der Waals surface area contributed by atoms with Crippen molar-refractivity contribution in [3.05, 3.63) is 53.6 Å². The molecule has 3 rings (SSSR count). The van der Waals surface area contributed by atoms with Gasteiger partial charge in [-0.25, -0.2) is 0 Å². The van der Waals surface area contributed by atoms with Gasteiger partial charge < -0.3 is 10.5 Å². The molecule has 0 atom stereocenters. The van der Waals surface area contributed by atoms with Crippen LogP contribution < -0.4 is 15.9 Å². The average Bonchev–Trinajstić information content (AvgIpc) is 2.73. The van der Waals surface area contributed by atoms with E-state index in [2.05, 4.69) is 22.6 Å². The van der Waals surface area contributed by atoms with Gasteiger partial charge in [-0.1, -0.05) is 41.9 Å². The minimum Gasteiger partial charge on any atom is -0.404 e. The van der Waals surface area contributed by atoms with Crippen molar-refractivity contribution < 1.29 is 0 Å². The van der Waals surface area contributed by atoms with E-state index in [0.29, 0.717) is 0 Å². The Morgan fingerprint density at radius 3 is 2.44 bits per heavy atom. The molecule has 2 aromatic carbocycles. The molecule has 0 unspecified atom stereocenters. The van der Waals surface area contributed by atoms with Crippen molar-refractivity contribution in [1.29, 1.82) is 0 Å². The molecule has 2 N–H and O–H groups in total. The van der Waals surface area contributed by atoms with Gasteiger partial charge in [-0.2, -0.15) is 0 Å². The highest BCUT2D eigenvalue weighted by atomic mass is 35.5. The van der Waals surface area contributed by atoms with Crippen molar-refractivity contribution in [2.24, 2.45) is 0 Å². The average molecular weight is 228 g/mol. The predicted molar refractivity (Wildman–Crippen MR) is 70.5 cm³/mol. The Kier molecular flexibility index (Phi) is 2.26. The predicted octanol–water partition coefficient (Wildman–Crippen LogP) is 2.57. The molecule has 2 nitrogen and oxygen atoms in total. The smallest absolute Gasteiger partial charge is 0.404 e. The minimum absolute atomic E-state index is 0.134. The number of halogens is 1. The van der Waals surface area contributed by atoms with Crippen LogP contribution in [0.5, 0.6) is 0 Å². The first-order chi connectivity index (χ1) is 7.83. The largest absolute Gasteiger partial charge is 0.406 e. The zero-order valence-corrected chi connectivity index (χ0v) is 9.33. The van der Waals surface area contributed by atoms with Crippen molar-refractivity contribution in [2.75, 3.05) is 10.5 Å². The van der Waals surface area contributed by atoms with Gasteiger partial charge in [-0.15, -0.1) is 0 Å². The summed E-state index contributed by atoms with van der Waals surface area (Å²) in [7, 11) is 0. The third-order valence-corrected chi connectivity index (χ3v) is 2.95. The van der Waals surface area contributed by atoms with Gasteiger partial charge in [0.05, 0.1) is 0 Å². The molecule has 0 amide bonds. The Hall–Kier alpha value is -1.61. The van der Waals surface area contributed by atoms with Crippen LogP contribution in [0.4, 0.5) is 11.4 Å². The van der Waals surface area contributed by atoms with E-state index in [1.54, 1.807) is 0 Å². The van der Waals surface area contributed by atoms with Crippen molar-refractivity contribution >= 4 is 35.4 Å². The zero-order valence-electron chi connectivity index (χ0n) is 8.57. The maximum Gasteiger partial charge on any atom is 0.406 e. The van der Waals surface area contributed by atoms with Crippen LogP contribution in [0.2, 0.25) is 5.02 Å². The van der Waals surface area contributed by atoms with Crippen molar-refractivity contribution in [3.8, 4) is 0 Å². The first-order valence-electron chi connectivity index (χ1n) is 5.20. The molecule has 0 spiro atoms. The van der Waals surface area contributed by atoms with Crippen LogP contribution in [0.25, 0.3) is 0 Å². The van der Waals surface area contributed by atoms with E-state index in [0.717, 1.165) is 16.4 Å². The fourth-order valence-electron chi connectivity index (χ4n) is 1.92. The Morgan fingerprint density at radius 1 is 0.875 bits per heavy atom. The summed E-state index contributed by atoms with van der Waals surface area (Å²) in [6.45, 7) is 0.134. The molecular weight excluding hydrogens is 218 g/mol.